The molecule has 0 saturated heterocycles. The minimum atomic E-state index is 0.181. The largest absolute Gasteiger partial charge is 0.394 e. The second-order valence-electron chi connectivity index (χ2n) is 1.04. The van der Waals surface area contributed by atoms with Gasteiger partial charge in [-0.25, -0.2) is 5.48 Å². The summed E-state index contributed by atoms with van der Waals surface area (Å²) in [7, 11) is 1.88. The van der Waals surface area contributed by atoms with E-state index in [1.54, 1.807) is 0 Å². The van der Waals surface area contributed by atoms with E-state index in [2.05, 4.69) is 5.32 Å². The molecule has 0 fully saturated rings. The lowest BCUT2D eigenvalue weighted by Gasteiger charge is -1.75. The quantitative estimate of drug-likeness (QED) is 0.321. The zero-order valence-electron chi connectivity index (χ0n) is 7.59. The Kier molecular flexibility index (Phi) is 54.3. The second-order valence-corrected chi connectivity index (χ2v) is 1.04. The van der Waals surface area contributed by atoms with Crippen LogP contribution in [-0.4, -0.2) is 18.7 Å². The molecule has 0 saturated carbocycles. The Morgan fingerprint density at radius 3 is 1.73 bits per heavy atom. The minimum absolute atomic E-state index is 0.181. The number of hydrogen-bond acceptors (Lipinski definition) is 3. The van der Waals surface area contributed by atoms with Gasteiger partial charge in [0.05, 0.1) is 0 Å². The predicted octanol–water partition coefficient (Wildman–Crippen LogP) is 0.887. The molecule has 0 aliphatic heterocycles. The summed E-state index contributed by atoms with van der Waals surface area (Å²) in [5, 5.41) is 10.1. The van der Waals surface area contributed by atoms with E-state index in [-0.39, 0.29) is 6.41 Å². The summed E-state index contributed by atoms with van der Waals surface area (Å²) in [6, 6.07) is 0. The van der Waals surface area contributed by atoms with Crippen molar-refractivity contribution in [2.24, 2.45) is 0 Å². The number of carbonyl (C=O) groups is 1. The molecular weight excluding hydrogens is 144 g/mol. The van der Waals surface area contributed by atoms with Crippen molar-refractivity contribution in [1.29, 1.82) is 0 Å². The van der Waals surface area contributed by atoms with E-state index in [9.17, 15) is 0 Å². The average Bonchev–Trinajstić information content (AvgIpc) is 2.10. The number of hydroxylamine groups is 1. The highest BCUT2D eigenvalue weighted by atomic mass is 16.5. The summed E-state index contributed by atoms with van der Waals surface area (Å²) >= 11 is 0. The molecule has 0 bridgehead atoms. The molecule has 11 heavy (non-hydrogen) atoms. The molecule has 0 spiro atoms. The highest BCUT2D eigenvalue weighted by molar-refractivity contribution is 5.43. The summed E-state index contributed by atoms with van der Waals surface area (Å²) in [6.07, 6.45) is 4.00. The highest BCUT2D eigenvalue weighted by Gasteiger charge is 1.45. The molecule has 0 rings (SSSR count). The molecule has 0 heterocycles. The van der Waals surface area contributed by atoms with Gasteiger partial charge in [0.15, 0.2) is 0 Å². The summed E-state index contributed by atoms with van der Waals surface area (Å²) in [5.74, 6) is 0. The molecule has 1 amide bonds. The van der Waals surface area contributed by atoms with Gasteiger partial charge in [0.25, 0.3) is 0 Å². The van der Waals surface area contributed by atoms with E-state index >= 15 is 0 Å². The lowest BCUT2D eigenvalue weighted by Crippen LogP contribution is -1.99. The van der Waals surface area contributed by atoms with E-state index < -0.39 is 0 Å². The van der Waals surface area contributed by atoms with Gasteiger partial charge in [-0.15, -0.1) is 0 Å². The lowest BCUT2D eigenvalue weighted by atomic mass is 10.7. The van der Waals surface area contributed by atoms with Gasteiger partial charge < -0.3 is 5.32 Å². The fourth-order valence-corrected chi connectivity index (χ4v) is 0.167. The number of rotatable bonds is 2. The predicted molar refractivity (Wildman–Crippen MR) is 46.2 cm³/mol. The fraction of sp³-hybridized carbons (Fsp3) is 0.571. The third kappa shape index (κ3) is 112. The number of amides is 1. The first-order chi connectivity index (χ1) is 5.33. The van der Waals surface area contributed by atoms with Crippen molar-refractivity contribution < 1.29 is 10.0 Å². The third-order valence-electron chi connectivity index (χ3n) is 0.386. The first kappa shape index (κ1) is 16.5. The minimum Gasteiger partial charge on any atom is -0.394 e. The van der Waals surface area contributed by atoms with Crippen molar-refractivity contribution in [2.75, 3.05) is 7.05 Å². The van der Waals surface area contributed by atoms with Gasteiger partial charge in [0.1, 0.15) is 0 Å². The van der Waals surface area contributed by atoms with Crippen molar-refractivity contribution >= 4 is 6.41 Å². The SMILES string of the molecule is C/C=C/NC.CC.O=CNO. The van der Waals surface area contributed by atoms with Crippen molar-refractivity contribution in [2.45, 2.75) is 20.8 Å². The highest BCUT2D eigenvalue weighted by Crippen LogP contribution is 1.53. The van der Waals surface area contributed by atoms with Crippen LogP contribution < -0.4 is 10.8 Å². The zero-order valence-corrected chi connectivity index (χ0v) is 7.59. The van der Waals surface area contributed by atoms with Crippen molar-refractivity contribution in [3.63, 3.8) is 0 Å². The molecule has 0 aliphatic carbocycles. The Morgan fingerprint density at radius 2 is 1.73 bits per heavy atom. The van der Waals surface area contributed by atoms with Gasteiger partial charge >= 0.3 is 0 Å². The van der Waals surface area contributed by atoms with Crippen LogP contribution in [0, 0.1) is 0 Å². The normalized spacial score (nSPS) is 6.64. The summed E-state index contributed by atoms with van der Waals surface area (Å²) in [6.45, 7) is 5.97. The molecule has 0 unspecified atom stereocenters. The van der Waals surface area contributed by atoms with Crippen LogP contribution in [0.5, 0.6) is 0 Å². The fourth-order valence-electron chi connectivity index (χ4n) is 0.167. The smallest absolute Gasteiger partial charge is 0.230 e. The summed E-state index contributed by atoms with van der Waals surface area (Å²) < 4.78 is 0. The molecule has 0 aromatic heterocycles. The molecule has 0 aromatic carbocycles. The topological polar surface area (TPSA) is 61.4 Å². The Bertz CT molecular complexity index is 74.8. The number of carbonyl (C=O) groups excluding carboxylic acids is 1. The molecule has 4 nitrogen and oxygen atoms in total. The molecule has 0 atom stereocenters. The average molecular weight is 162 g/mol. The van der Waals surface area contributed by atoms with E-state index in [0.29, 0.717) is 0 Å². The van der Waals surface area contributed by atoms with Crippen LogP contribution in [0.25, 0.3) is 0 Å². The Morgan fingerprint density at radius 1 is 1.36 bits per heavy atom. The van der Waals surface area contributed by atoms with Crippen LogP contribution >= 0.6 is 0 Å². The van der Waals surface area contributed by atoms with Crippen molar-refractivity contribution in [3.8, 4) is 0 Å². The Labute approximate surface area is 68.3 Å². The van der Waals surface area contributed by atoms with Crippen LogP contribution in [0.2, 0.25) is 0 Å². The van der Waals surface area contributed by atoms with Gasteiger partial charge in [-0.3, -0.25) is 10.0 Å². The molecule has 4 heteroatoms. The monoisotopic (exact) mass is 162 g/mol. The van der Waals surface area contributed by atoms with Crippen LogP contribution in [0.1, 0.15) is 20.8 Å². The summed E-state index contributed by atoms with van der Waals surface area (Å²) in [5.41, 5.74) is 1.25. The Hall–Kier alpha value is -1.03. The molecule has 0 aromatic rings. The second kappa shape index (κ2) is 36.2. The molecule has 68 valence electrons. The Balaban J connectivity index is -0.0000000965. The maximum atomic E-state index is 8.81. The molecule has 3 N–H and O–H groups in total. The first-order valence-corrected chi connectivity index (χ1v) is 3.45. The number of allylic oxidation sites excluding steroid dienone is 1. The van der Waals surface area contributed by atoms with E-state index in [1.807, 2.05) is 40.1 Å². The van der Waals surface area contributed by atoms with Gasteiger partial charge in [-0.2, -0.15) is 0 Å². The van der Waals surface area contributed by atoms with E-state index in [0.717, 1.165) is 0 Å². The number of nitrogens with one attached hydrogen (secondary N) is 2. The van der Waals surface area contributed by atoms with Crippen LogP contribution in [-0.2, 0) is 4.79 Å². The maximum absolute atomic E-state index is 8.81. The lowest BCUT2D eigenvalue weighted by molar-refractivity contribution is -0.116. The standard InChI is InChI=1S/C4H9N.C2H6.CH3NO2/c1-3-4-5-2;1-2;3-1-2-4/h3-5H,1-2H3;1-2H3;1,4H,(H,2,3)/b4-3+;;. The molecule has 0 radical (unpaired) electrons. The molecule has 0 aliphatic rings. The van der Waals surface area contributed by atoms with Gasteiger partial charge in [0, 0.05) is 7.05 Å². The maximum Gasteiger partial charge on any atom is 0.230 e. The van der Waals surface area contributed by atoms with E-state index in [4.69, 9.17) is 10.0 Å². The zero-order chi connectivity index (χ0) is 9.54. The van der Waals surface area contributed by atoms with Gasteiger partial charge in [0.2, 0.25) is 6.41 Å². The third-order valence-corrected chi connectivity index (χ3v) is 0.386. The number of hydrogen-bond donors (Lipinski definition) is 3. The van der Waals surface area contributed by atoms with Gasteiger partial charge in [-0.1, -0.05) is 19.9 Å². The van der Waals surface area contributed by atoms with Crippen LogP contribution in [0.4, 0.5) is 0 Å². The van der Waals surface area contributed by atoms with Crippen molar-refractivity contribution in [3.05, 3.63) is 12.3 Å². The van der Waals surface area contributed by atoms with Crippen LogP contribution in [0.3, 0.4) is 0 Å². The van der Waals surface area contributed by atoms with E-state index in [1.165, 1.54) is 5.48 Å². The van der Waals surface area contributed by atoms with Crippen molar-refractivity contribution in [1.82, 2.24) is 10.8 Å². The van der Waals surface area contributed by atoms with Crippen LogP contribution in [0.15, 0.2) is 12.3 Å². The first-order valence-electron chi connectivity index (χ1n) is 3.45. The molecular formula is C7H18N2O2. The summed E-state index contributed by atoms with van der Waals surface area (Å²) in [4.78, 5) is 8.81. The van der Waals surface area contributed by atoms with Gasteiger partial charge in [-0.05, 0) is 13.1 Å².